The molecule has 0 aromatic heterocycles. The van der Waals surface area contributed by atoms with Gasteiger partial charge in [-0.2, -0.15) is 12.6 Å². The summed E-state index contributed by atoms with van der Waals surface area (Å²) in [6.07, 6.45) is 1.40. The first-order valence-electron chi connectivity index (χ1n) is 4.92. The van der Waals surface area contributed by atoms with E-state index in [2.05, 4.69) is 12.6 Å². The molecule has 2 rings (SSSR count). The Morgan fingerprint density at radius 3 is 3.00 bits per heavy atom. The fraction of sp³-hybridized carbons (Fsp3) is 0.364. The van der Waals surface area contributed by atoms with Gasteiger partial charge >= 0.3 is 0 Å². The van der Waals surface area contributed by atoms with Crippen LogP contribution in [-0.2, 0) is 11.2 Å². The Balaban J connectivity index is 2.27. The number of carbonyl (C=O) groups excluding carboxylic acids is 1. The summed E-state index contributed by atoms with van der Waals surface area (Å²) in [5.41, 5.74) is 2.04. The second kappa shape index (κ2) is 4.45. The quantitative estimate of drug-likeness (QED) is 0.807. The fourth-order valence-corrected chi connectivity index (χ4v) is 2.11. The SMILES string of the molecule is O=C1Cc2ccc(Cl)cc2N1CCCS. The minimum Gasteiger partial charge on any atom is -0.312 e. The van der Waals surface area contributed by atoms with E-state index < -0.39 is 0 Å². The van der Waals surface area contributed by atoms with Gasteiger partial charge < -0.3 is 4.90 Å². The van der Waals surface area contributed by atoms with E-state index in [9.17, 15) is 4.79 Å². The van der Waals surface area contributed by atoms with E-state index in [1.165, 1.54) is 0 Å². The van der Waals surface area contributed by atoms with Crippen molar-refractivity contribution in [3.8, 4) is 0 Å². The average Bonchev–Trinajstić information content (AvgIpc) is 2.51. The Bertz CT molecular complexity index is 394. The molecule has 2 nitrogen and oxygen atoms in total. The summed E-state index contributed by atoms with van der Waals surface area (Å²) in [4.78, 5) is 13.5. The molecule has 0 atom stereocenters. The van der Waals surface area contributed by atoms with Crippen LogP contribution in [0, 0.1) is 0 Å². The van der Waals surface area contributed by atoms with Crippen LogP contribution in [0.15, 0.2) is 18.2 Å². The third-order valence-corrected chi connectivity index (χ3v) is 3.07. The molecule has 1 aromatic rings. The van der Waals surface area contributed by atoms with Crippen LogP contribution in [0.3, 0.4) is 0 Å². The first-order chi connectivity index (χ1) is 7.22. The number of nitrogens with zero attached hydrogens (tertiary/aromatic N) is 1. The molecule has 4 heteroatoms. The Kier molecular flexibility index (Phi) is 3.22. The molecule has 1 amide bonds. The molecular weight excluding hydrogens is 230 g/mol. The zero-order valence-corrected chi connectivity index (χ0v) is 9.89. The summed E-state index contributed by atoms with van der Waals surface area (Å²) < 4.78 is 0. The highest BCUT2D eigenvalue weighted by molar-refractivity contribution is 7.80. The third-order valence-electron chi connectivity index (χ3n) is 2.52. The van der Waals surface area contributed by atoms with E-state index in [0.717, 1.165) is 30.0 Å². The largest absolute Gasteiger partial charge is 0.312 e. The molecule has 0 N–H and O–H groups in total. The van der Waals surface area contributed by atoms with E-state index >= 15 is 0 Å². The average molecular weight is 242 g/mol. The van der Waals surface area contributed by atoms with Gasteiger partial charge in [-0.15, -0.1) is 0 Å². The Labute approximate surface area is 99.6 Å². The Morgan fingerprint density at radius 2 is 2.27 bits per heavy atom. The Hall–Kier alpha value is -0.670. The maximum absolute atomic E-state index is 11.7. The summed E-state index contributed by atoms with van der Waals surface area (Å²) in [5.74, 6) is 0.953. The molecule has 0 saturated carbocycles. The van der Waals surface area contributed by atoms with E-state index in [-0.39, 0.29) is 5.91 Å². The number of hydrogen-bond donors (Lipinski definition) is 1. The molecule has 0 spiro atoms. The summed E-state index contributed by atoms with van der Waals surface area (Å²) in [6, 6.07) is 5.62. The highest BCUT2D eigenvalue weighted by Crippen LogP contribution is 2.31. The number of fused-ring (bicyclic) bond motifs is 1. The highest BCUT2D eigenvalue weighted by Gasteiger charge is 2.26. The summed E-state index contributed by atoms with van der Waals surface area (Å²) in [7, 11) is 0. The van der Waals surface area contributed by atoms with Crippen LogP contribution in [0.25, 0.3) is 0 Å². The van der Waals surface area contributed by atoms with Crippen LogP contribution >= 0.6 is 24.2 Å². The lowest BCUT2D eigenvalue weighted by atomic mass is 10.2. The van der Waals surface area contributed by atoms with E-state index in [1.54, 1.807) is 4.90 Å². The van der Waals surface area contributed by atoms with Crippen molar-refractivity contribution in [3.63, 3.8) is 0 Å². The summed E-state index contributed by atoms with van der Waals surface area (Å²) in [6.45, 7) is 0.732. The van der Waals surface area contributed by atoms with Gasteiger partial charge in [0, 0.05) is 17.3 Å². The molecule has 0 bridgehead atoms. The van der Waals surface area contributed by atoms with Gasteiger partial charge in [-0.05, 0) is 29.9 Å². The maximum Gasteiger partial charge on any atom is 0.231 e. The van der Waals surface area contributed by atoms with Gasteiger partial charge in [0.05, 0.1) is 6.42 Å². The number of halogens is 1. The van der Waals surface area contributed by atoms with Crippen molar-refractivity contribution >= 4 is 35.8 Å². The second-order valence-electron chi connectivity index (χ2n) is 3.57. The summed E-state index contributed by atoms with van der Waals surface area (Å²) in [5, 5.41) is 0.680. The minimum atomic E-state index is 0.161. The molecule has 1 heterocycles. The second-order valence-corrected chi connectivity index (χ2v) is 4.46. The number of hydrogen-bond acceptors (Lipinski definition) is 2. The monoisotopic (exact) mass is 241 g/mol. The van der Waals surface area contributed by atoms with Crippen molar-refractivity contribution in [2.75, 3.05) is 17.2 Å². The third kappa shape index (κ3) is 2.13. The number of benzene rings is 1. The van der Waals surface area contributed by atoms with Gasteiger partial charge in [-0.1, -0.05) is 17.7 Å². The first kappa shape index (κ1) is 10.8. The number of rotatable bonds is 3. The lowest BCUT2D eigenvalue weighted by Gasteiger charge is -2.16. The van der Waals surface area contributed by atoms with Crippen molar-refractivity contribution in [1.29, 1.82) is 0 Å². The number of amides is 1. The van der Waals surface area contributed by atoms with Gasteiger partial charge in [0.1, 0.15) is 0 Å². The molecule has 0 unspecified atom stereocenters. The summed E-state index contributed by atoms with van der Waals surface area (Å²) >= 11 is 10.1. The molecule has 80 valence electrons. The zero-order valence-electron chi connectivity index (χ0n) is 8.24. The number of thiol groups is 1. The maximum atomic E-state index is 11.7. The van der Waals surface area contributed by atoms with Crippen LogP contribution in [0.2, 0.25) is 5.02 Å². The molecule has 1 aliphatic rings. The normalized spacial score (nSPS) is 14.5. The van der Waals surface area contributed by atoms with Gasteiger partial charge in [0.15, 0.2) is 0 Å². The molecule has 15 heavy (non-hydrogen) atoms. The molecule has 1 aliphatic heterocycles. The topological polar surface area (TPSA) is 20.3 Å². The highest BCUT2D eigenvalue weighted by atomic mass is 35.5. The molecule has 0 saturated heterocycles. The predicted octanol–water partition coefficient (Wildman–Crippen LogP) is 2.55. The fourth-order valence-electron chi connectivity index (χ4n) is 1.80. The van der Waals surface area contributed by atoms with E-state index in [4.69, 9.17) is 11.6 Å². The number of anilines is 1. The molecule has 1 aromatic carbocycles. The predicted molar refractivity (Wildman–Crippen MR) is 66.0 cm³/mol. The van der Waals surface area contributed by atoms with Crippen molar-refractivity contribution < 1.29 is 4.79 Å². The smallest absolute Gasteiger partial charge is 0.231 e. The van der Waals surface area contributed by atoms with E-state index in [0.29, 0.717) is 11.4 Å². The molecule has 0 aliphatic carbocycles. The van der Waals surface area contributed by atoms with Crippen LogP contribution in [0.4, 0.5) is 5.69 Å². The van der Waals surface area contributed by atoms with Gasteiger partial charge in [-0.25, -0.2) is 0 Å². The Morgan fingerprint density at radius 1 is 1.47 bits per heavy atom. The molecular formula is C11H12ClNOS. The van der Waals surface area contributed by atoms with Crippen molar-refractivity contribution in [3.05, 3.63) is 28.8 Å². The van der Waals surface area contributed by atoms with Gasteiger partial charge in [0.2, 0.25) is 5.91 Å². The lowest BCUT2D eigenvalue weighted by Crippen LogP contribution is -2.27. The molecule has 0 fully saturated rings. The van der Waals surface area contributed by atoms with Gasteiger partial charge in [0.25, 0.3) is 0 Å². The standard InChI is InChI=1S/C11H12ClNOS/c12-9-3-2-8-6-11(14)13(4-1-5-15)10(8)7-9/h2-3,7,15H,1,4-6H2. The lowest BCUT2D eigenvalue weighted by molar-refractivity contribution is -0.117. The van der Waals surface area contributed by atoms with Crippen molar-refractivity contribution in [1.82, 2.24) is 0 Å². The van der Waals surface area contributed by atoms with Crippen molar-refractivity contribution in [2.45, 2.75) is 12.8 Å². The van der Waals surface area contributed by atoms with Crippen LogP contribution < -0.4 is 4.90 Å². The van der Waals surface area contributed by atoms with Crippen LogP contribution in [-0.4, -0.2) is 18.2 Å². The van der Waals surface area contributed by atoms with E-state index in [1.807, 2.05) is 18.2 Å². The van der Waals surface area contributed by atoms with Gasteiger partial charge in [-0.3, -0.25) is 4.79 Å². The first-order valence-corrected chi connectivity index (χ1v) is 5.93. The van der Waals surface area contributed by atoms with Crippen LogP contribution in [0.1, 0.15) is 12.0 Å². The van der Waals surface area contributed by atoms with Crippen molar-refractivity contribution in [2.24, 2.45) is 0 Å². The molecule has 0 radical (unpaired) electrons. The minimum absolute atomic E-state index is 0.161. The number of carbonyl (C=O) groups is 1. The zero-order chi connectivity index (χ0) is 10.8. The van der Waals surface area contributed by atoms with Crippen LogP contribution in [0.5, 0.6) is 0 Å².